The Labute approximate surface area is 136 Å². The Morgan fingerprint density at radius 1 is 1.09 bits per heavy atom. The monoisotopic (exact) mass is 360 g/mol. The van der Waals surface area contributed by atoms with Crippen LogP contribution in [0.1, 0.15) is 19.3 Å². The van der Waals surface area contributed by atoms with E-state index in [1.807, 2.05) is 0 Å². The van der Waals surface area contributed by atoms with Gasteiger partial charge < -0.3 is 5.32 Å². The highest BCUT2D eigenvalue weighted by atomic mass is 32.2. The van der Waals surface area contributed by atoms with E-state index in [0.29, 0.717) is 12.8 Å². The average molecular weight is 360 g/mol. The third-order valence-electron chi connectivity index (χ3n) is 3.86. The lowest BCUT2D eigenvalue weighted by molar-refractivity contribution is -0.125. The van der Waals surface area contributed by atoms with Crippen LogP contribution < -0.4 is 5.32 Å². The van der Waals surface area contributed by atoms with Crippen LogP contribution in [0.5, 0.6) is 0 Å². The standard InChI is InChI=1S/C14H20N2O5S2/c1-15-14(17)13-5-3-4-10-16(13)23(20,21)12-8-6-11(7-9-12)22(2,18)19/h6-9,13H,3-5,10H2,1-2H3,(H,15,17)/t13-/m1/s1. The molecule has 1 aromatic rings. The van der Waals surface area contributed by atoms with Crippen LogP contribution in [0, 0.1) is 0 Å². The van der Waals surface area contributed by atoms with Crippen LogP contribution in [-0.2, 0) is 24.7 Å². The van der Waals surface area contributed by atoms with Crippen LogP contribution in [0.3, 0.4) is 0 Å². The van der Waals surface area contributed by atoms with Crippen molar-refractivity contribution in [2.75, 3.05) is 19.8 Å². The van der Waals surface area contributed by atoms with Crippen LogP contribution in [0.2, 0.25) is 0 Å². The fourth-order valence-corrected chi connectivity index (χ4v) is 4.90. The van der Waals surface area contributed by atoms with Crippen molar-refractivity contribution in [2.24, 2.45) is 0 Å². The molecule has 2 rings (SSSR count). The summed E-state index contributed by atoms with van der Waals surface area (Å²) in [5.74, 6) is -0.332. The normalized spacial score (nSPS) is 20.2. The van der Waals surface area contributed by atoms with Gasteiger partial charge in [0.1, 0.15) is 6.04 Å². The van der Waals surface area contributed by atoms with Gasteiger partial charge in [0.15, 0.2) is 9.84 Å². The molecule has 128 valence electrons. The number of amides is 1. The minimum atomic E-state index is -3.85. The van der Waals surface area contributed by atoms with Gasteiger partial charge in [-0.1, -0.05) is 6.42 Å². The molecule has 9 heteroatoms. The van der Waals surface area contributed by atoms with Gasteiger partial charge >= 0.3 is 0 Å². The first-order chi connectivity index (χ1) is 10.7. The largest absolute Gasteiger partial charge is 0.358 e. The molecule has 0 unspecified atom stereocenters. The molecule has 0 saturated carbocycles. The highest BCUT2D eigenvalue weighted by molar-refractivity contribution is 7.90. The van der Waals surface area contributed by atoms with Crippen molar-refractivity contribution in [3.63, 3.8) is 0 Å². The van der Waals surface area contributed by atoms with Gasteiger partial charge in [-0.3, -0.25) is 4.79 Å². The number of hydrogen-bond donors (Lipinski definition) is 1. The summed E-state index contributed by atoms with van der Waals surface area (Å²) < 4.78 is 49.7. The van der Waals surface area contributed by atoms with E-state index in [1.165, 1.54) is 35.6 Å². The number of nitrogens with one attached hydrogen (secondary N) is 1. The molecule has 1 N–H and O–H groups in total. The quantitative estimate of drug-likeness (QED) is 0.836. The van der Waals surface area contributed by atoms with Gasteiger partial charge in [0.25, 0.3) is 0 Å². The maximum atomic E-state index is 12.8. The second-order valence-electron chi connectivity index (χ2n) is 5.49. The van der Waals surface area contributed by atoms with Crippen molar-refractivity contribution in [3.05, 3.63) is 24.3 Å². The number of nitrogens with zero attached hydrogens (tertiary/aromatic N) is 1. The lowest BCUT2D eigenvalue weighted by Crippen LogP contribution is -2.51. The fraction of sp³-hybridized carbons (Fsp3) is 0.500. The highest BCUT2D eigenvalue weighted by Gasteiger charge is 2.37. The SMILES string of the molecule is CNC(=O)[C@H]1CCCCN1S(=O)(=O)c1ccc(S(C)(=O)=O)cc1. The summed E-state index contributed by atoms with van der Waals surface area (Å²) in [4.78, 5) is 12.0. The maximum absolute atomic E-state index is 12.8. The van der Waals surface area contributed by atoms with E-state index < -0.39 is 25.9 Å². The second kappa shape index (κ2) is 6.58. The molecule has 23 heavy (non-hydrogen) atoms. The van der Waals surface area contributed by atoms with Crippen molar-refractivity contribution in [1.29, 1.82) is 0 Å². The Morgan fingerprint density at radius 3 is 2.17 bits per heavy atom. The van der Waals surface area contributed by atoms with Crippen molar-refractivity contribution in [1.82, 2.24) is 9.62 Å². The van der Waals surface area contributed by atoms with Gasteiger partial charge in [0, 0.05) is 19.8 Å². The Kier molecular flexibility index (Phi) is 5.12. The summed E-state index contributed by atoms with van der Waals surface area (Å²) >= 11 is 0. The van der Waals surface area contributed by atoms with Crippen molar-refractivity contribution in [3.8, 4) is 0 Å². The lowest BCUT2D eigenvalue weighted by Gasteiger charge is -2.33. The molecule has 0 aromatic heterocycles. The van der Waals surface area contributed by atoms with Crippen LogP contribution in [0.15, 0.2) is 34.1 Å². The maximum Gasteiger partial charge on any atom is 0.243 e. The first-order valence-electron chi connectivity index (χ1n) is 7.21. The van der Waals surface area contributed by atoms with Crippen LogP contribution >= 0.6 is 0 Å². The molecule has 1 heterocycles. The van der Waals surface area contributed by atoms with Gasteiger partial charge in [0.2, 0.25) is 15.9 Å². The Morgan fingerprint density at radius 2 is 1.65 bits per heavy atom. The molecule has 7 nitrogen and oxygen atoms in total. The number of carbonyl (C=O) groups is 1. The zero-order valence-electron chi connectivity index (χ0n) is 13.0. The minimum Gasteiger partial charge on any atom is -0.358 e. The van der Waals surface area contributed by atoms with E-state index in [1.54, 1.807) is 0 Å². The Hall–Kier alpha value is -1.45. The van der Waals surface area contributed by atoms with Crippen molar-refractivity contribution >= 4 is 25.8 Å². The number of likely N-dealkylation sites (N-methyl/N-ethyl adjacent to an activating group) is 1. The number of sulfone groups is 1. The Bertz CT molecular complexity index is 785. The molecule has 1 saturated heterocycles. The van der Waals surface area contributed by atoms with Crippen LogP contribution in [0.25, 0.3) is 0 Å². The van der Waals surface area contributed by atoms with Gasteiger partial charge in [0.05, 0.1) is 9.79 Å². The predicted molar refractivity (Wildman–Crippen MR) is 85.1 cm³/mol. The second-order valence-corrected chi connectivity index (χ2v) is 9.39. The van der Waals surface area contributed by atoms with Gasteiger partial charge in [-0.15, -0.1) is 0 Å². The van der Waals surface area contributed by atoms with E-state index in [2.05, 4.69) is 5.32 Å². The number of piperidine rings is 1. The molecule has 1 atom stereocenters. The molecular formula is C14H20N2O5S2. The lowest BCUT2D eigenvalue weighted by atomic mass is 10.0. The molecule has 1 fully saturated rings. The van der Waals surface area contributed by atoms with E-state index in [9.17, 15) is 21.6 Å². The van der Waals surface area contributed by atoms with Crippen molar-refractivity contribution in [2.45, 2.75) is 35.1 Å². The van der Waals surface area contributed by atoms with Gasteiger partial charge in [-0.05, 0) is 37.1 Å². The molecule has 0 aliphatic carbocycles. The molecule has 1 aliphatic rings. The zero-order chi connectivity index (χ0) is 17.3. The number of sulfonamides is 1. The van der Waals surface area contributed by atoms with Crippen molar-refractivity contribution < 1.29 is 21.6 Å². The molecule has 1 amide bonds. The zero-order valence-corrected chi connectivity index (χ0v) is 14.7. The van der Waals surface area contributed by atoms with Crippen LogP contribution in [-0.4, -0.2) is 52.9 Å². The highest BCUT2D eigenvalue weighted by Crippen LogP contribution is 2.26. The smallest absolute Gasteiger partial charge is 0.243 e. The summed E-state index contributed by atoms with van der Waals surface area (Å²) in [6.07, 6.45) is 3.01. The van der Waals surface area contributed by atoms with E-state index >= 15 is 0 Å². The average Bonchev–Trinajstić information content (AvgIpc) is 2.53. The first kappa shape index (κ1) is 17.9. The number of benzene rings is 1. The summed E-state index contributed by atoms with van der Waals surface area (Å²) in [6.45, 7) is 0.272. The topological polar surface area (TPSA) is 101 Å². The molecule has 1 aromatic carbocycles. The van der Waals surface area contributed by atoms with E-state index in [4.69, 9.17) is 0 Å². The molecule has 0 radical (unpaired) electrons. The molecule has 0 bridgehead atoms. The molecular weight excluding hydrogens is 340 g/mol. The van der Waals surface area contributed by atoms with Crippen LogP contribution in [0.4, 0.5) is 0 Å². The predicted octanol–water partition coefficient (Wildman–Crippen LogP) is 0.379. The molecule has 1 aliphatic heterocycles. The fourth-order valence-electron chi connectivity index (χ4n) is 2.62. The minimum absolute atomic E-state index is 0.0132. The van der Waals surface area contributed by atoms with Gasteiger partial charge in [-0.2, -0.15) is 4.31 Å². The molecule has 0 spiro atoms. The number of hydrogen-bond acceptors (Lipinski definition) is 5. The summed E-state index contributed by atoms with van der Waals surface area (Å²) in [7, 11) is -5.77. The summed E-state index contributed by atoms with van der Waals surface area (Å²) in [5, 5.41) is 2.49. The summed E-state index contributed by atoms with van der Waals surface area (Å²) in [5.41, 5.74) is 0. The third-order valence-corrected chi connectivity index (χ3v) is 6.91. The number of rotatable bonds is 4. The van der Waals surface area contributed by atoms with Gasteiger partial charge in [-0.25, -0.2) is 16.8 Å². The van der Waals surface area contributed by atoms with E-state index in [0.717, 1.165) is 12.7 Å². The Balaban J connectivity index is 2.38. The third kappa shape index (κ3) is 3.73. The first-order valence-corrected chi connectivity index (χ1v) is 10.5. The summed E-state index contributed by atoms with van der Waals surface area (Å²) in [6, 6.07) is 4.33. The van der Waals surface area contributed by atoms with E-state index in [-0.39, 0.29) is 22.2 Å². The number of carbonyl (C=O) groups excluding carboxylic acids is 1.